The van der Waals surface area contributed by atoms with Crippen molar-refractivity contribution in [2.24, 2.45) is 11.7 Å². The van der Waals surface area contributed by atoms with Crippen molar-refractivity contribution in [3.05, 3.63) is 30.1 Å². The molecule has 0 saturated carbocycles. The van der Waals surface area contributed by atoms with E-state index in [1.165, 1.54) is 16.4 Å². The summed E-state index contributed by atoms with van der Waals surface area (Å²) in [5.74, 6) is -1.00. The van der Waals surface area contributed by atoms with Gasteiger partial charge in [0.2, 0.25) is 15.9 Å². The normalized spacial score (nSPS) is 19.7. The molecule has 2 rings (SSSR count). The highest BCUT2D eigenvalue weighted by atomic mass is 35.5. The van der Waals surface area contributed by atoms with Crippen molar-refractivity contribution in [2.45, 2.75) is 37.1 Å². The van der Waals surface area contributed by atoms with E-state index in [-0.39, 0.29) is 41.7 Å². The van der Waals surface area contributed by atoms with E-state index in [1.54, 1.807) is 0 Å². The minimum Gasteiger partial charge on any atom is -0.356 e. The van der Waals surface area contributed by atoms with Gasteiger partial charge in [0, 0.05) is 25.7 Å². The van der Waals surface area contributed by atoms with Crippen LogP contribution >= 0.6 is 12.4 Å². The number of carbonyl (C=O) groups excluding carboxylic acids is 1. The maximum Gasteiger partial charge on any atom is 0.243 e. The van der Waals surface area contributed by atoms with Crippen molar-refractivity contribution >= 4 is 28.3 Å². The molecule has 1 aromatic rings. The third kappa shape index (κ3) is 5.91. The van der Waals surface area contributed by atoms with Crippen LogP contribution in [-0.2, 0) is 14.8 Å². The highest BCUT2D eigenvalue weighted by Gasteiger charge is 2.33. The van der Waals surface area contributed by atoms with Crippen molar-refractivity contribution in [1.29, 1.82) is 0 Å². The Morgan fingerprint density at radius 1 is 1.40 bits per heavy atom. The van der Waals surface area contributed by atoms with Crippen LogP contribution in [0.25, 0.3) is 0 Å². The largest absolute Gasteiger partial charge is 0.356 e. The van der Waals surface area contributed by atoms with Crippen LogP contribution in [0.2, 0.25) is 0 Å². The molecule has 142 valence electrons. The summed E-state index contributed by atoms with van der Waals surface area (Å²) in [6.07, 6.45) is 1.95. The molecule has 0 radical (unpaired) electrons. The Balaban J connectivity index is 0.00000312. The van der Waals surface area contributed by atoms with Crippen LogP contribution in [0.3, 0.4) is 0 Å². The van der Waals surface area contributed by atoms with E-state index < -0.39 is 15.8 Å². The molecule has 1 saturated heterocycles. The summed E-state index contributed by atoms with van der Waals surface area (Å²) < 4.78 is 39.5. The van der Waals surface area contributed by atoms with Crippen LogP contribution < -0.4 is 11.1 Å². The van der Waals surface area contributed by atoms with Gasteiger partial charge < -0.3 is 11.1 Å². The van der Waals surface area contributed by atoms with Crippen molar-refractivity contribution in [1.82, 2.24) is 9.62 Å². The van der Waals surface area contributed by atoms with Crippen molar-refractivity contribution in [3.8, 4) is 0 Å². The molecule has 9 heteroatoms. The second-order valence-electron chi connectivity index (χ2n) is 6.21. The summed E-state index contributed by atoms with van der Waals surface area (Å²) in [5.41, 5.74) is 5.65. The van der Waals surface area contributed by atoms with Crippen molar-refractivity contribution in [2.75, 3.05) is 19.6 Å². The average Bonchev–Trinajstić information content (AvgIpc) is 2.55. The lowest BCUT2D eigenvalue weighted by molar-refractivity contribution is -0.126. The fourth-order valence-electron chi connectivity index (χ4n) is 2.70. The van der Waals surface area contributed by atoms with Crippen LogP contribution in [0.15, 0.2) is 29.2 Å². The summed E-state index contributed by atoms with van der Waals surface area (Å²) in [7, 11) is -3.71. The Bertz CT molecular complexity index is 668. The molecule has 2 atom stereocenters. The smallest absolute Gasteiger partial charge is 0.243 e. The monoisotopic (exact) mass is 393 g/mol. The summed E-state index contributed by atoms with van der Waals surface area (Å²) in [6, 6.07) is 4.74. The van der Waals surface area contributed by atoms with E-state index in [0.717, 1.165) is 12.1 Å². The Morgan fingerprint density at radius 2 is 2.04 bits per heavy atom. The number of nitrogens with zero attached hydrogens (tertiary/aromatic N) is 1. The molecule has 1 heterocycles. The Hall–Kier alpha value is -1.22. The van der Waals surface area contributed by atoms with E-state index in [0.29, 0.717) is 32.4 Å². The second kappa shape index (κ2) is 9.47. The molecule has 0 bridgehead atoms. The molecule has 3 N–H and O–H groups in total. The Kier molecular flexibility index (Phi) is 8.27. The molecule has 1 amide bonds. The third-order valence-corrected chi connectivity index (χ3v) is 5.98. The maximum atomic E-state index is 13.0. The Morgan fingerprint density at radius 3 is 2.64 bits per heavy atom. The fourth-order valence-corrected chi connectivity index (χ4v) is 4.22. The van der Waals surface area contributed by atoms with Gasteiger partial charge >= 0.3 is 0 Å². The number of hydrogen-bond donors (Lipinski definition) is 2. The van der Waals surface area contributed by atoms with Crippen LogP contribution in [0.4, 0.5) is 4.39 Å². The zero-order valence-electron chi connectivity index (χ0n) is 14.2. The molecule has 25 heavy (non-hydrogen) atoms. The minimum absolute atomic E-state index is 0. The first kappa shape index (κ1) is 21.8. The number of benzene rings is 1. The summed E-state index contributed by atoms with van der Waals surface area (Å²) >= 11 is 0. The minimum atomic E-state index is -3.71. The first-order chi connectivity index (χ1) is 11.3. The number of halogens is 2. The molecule has 0 aromatic heterocycles. The number of sulfonamides is 1. The van der Waals surface area contributed by atoms with Gasteiger partial charge in [-0.05, 0) is 50.5 Å². The number of piperidine rings is 1. The molecule has 1 aliphatic rings. The molecule has 0 aliphatic carbocycles. The number of nitrogens with one attached hydrogen (secondary N) is 1. The molecule has 2 unspecified atom stereocenters. The van der Waals surface area contributed by atoms with Crippen molar-refractivity contribution < 1.29 is 17.6 Å². The molecule has 1 aliphatic heterocycles. The third-order valence-electron chi connectivity index (χ3n) is 4.11. The van der Waals surface area contributed by atoms with Gasteiger partial charge in [0.15, 0.2) is 0 Å². The fraction of sp³-hybridized carbons (Fsp3) is 0.562. The zero-order chi connectivity index (χ0) is 17.7. The van der Waals surface area contributed by atoms with Gasteiger partial charge in [-0.3, -0.25) is 4.79 Å². The van der Waals surface area contributed by atoms with Gasteiger partial charge in [-0.2, -0.15) is 4.31 Å². The lowest BCUT2D eigenvalue weighted by Crippen LogP contribution is -2.45. The number of nitrogens with two attached hydrogens (primary N) is 1. The maximum absolute atomic E-state index is 13.0. The first-order valence-electron chi connectivity index (χ1n) is 8.09. The quantitative estimate of drug-likeness (QED) is 0.766. The van der Waals surface area contributed by atoms with Crippen LogP contribution in [0, 0.1) is 11.7 Å². The Labute approximate surface area is 154 Å². The van der Waals surface area contributed by atoms with Gasteiger partial charge in [0.1, 0.15) is 5.82 Å². The van der Waals surface area contributed by atoms with E-state index in [1.807, 2.05) is 6.92 Å². The van der Waals surface area contributed by atoms with E-state index in [9.17, 15) is 17.6 Å². The SMILES string of the molecule is CC(N)CCNC(=O)C1CCCN(S(=O)(=O)c2ccc(F)cc2)C1.Cl. The predicted octanol–water partition coefficient (Wildman–Crippen LogP) is 1.50. The van der Waals surface area contributed by atoms with Gasteiger partial charge in [0.05, 0.1) is 10.8 Å². The molecular weight excluding hydrogens is 369 g/mol. The average molecular weight is 394 g/mol. The van der Waals surface area contributed by atoms with Crippen molar-refractivity contribution in [3.63, 3.8) is 0 Å². The standard InChI is InChI=1S/C16H24FN3O3S.ClH/c1-12(18)8-9-19-16(21)13-3-2-10-20(11-13)24(22,23)15-6-4-14(17)5-7-15;/h4-7,12-13H,2-3,8-11,18H2,1H3,(H,19,21);1H. The molecular formula is C16H25ClFN3O3S. The first-order valence-corrected chi connectivity index (χ1v) is 9.53. The summed E-state index contributed by atoms with van der Waals surface area (Å²) in [5, 5.41) is 2.81. The van der Waals surface area contributed by atoms with Crippen LogP contribution in [0.5, 0.6) is 0 Å². The molecule has 6 nitrogen and oxygen atoms in total. The second-order valence-corrected chi connectivity index (χ2v) is 8.15. The molecule has 0 spiro atoms. The molecule has 1 aromatic carbocycles. The lowest BCUT2D eigenvalue weighted by Gasteiger charge is -2.31. The number of carbonyl (C=O) groups is 1. The predicted molar refractivity (Wildman–Crippen MR) is 96.4 cm³/mol. The van der Waals surface area contributed by atoms with E-state index >= 15 is 0 Å². The highest BCUT2D eigenvalue weighted by molar-refractivity contribution is 7.89. The van der Waals surface area contributed by atoms with Crippen LogP contribution in [0.1, 0.15) is 26.2 Å². The van der Waals surface area contributed by atoms with E-state index in [2.05, 4.69) is 5.32 Å². The zero-order valence-corrected chi connectivity index (χ0v) is 15.8. The summed E-state index contributed by atoms with van der Waals surface area (Å²) in [4.78, 5) is 12.3. The van der Waals surface area contributed by atoms with Gasteiger partial charge in [-0.15, -0.1) is 12.4 Å². The topological polar surface area (TPSA) is 92.5 Å². The number of hydrogen-bond acceptors (Lipinski definition) is 4. The highest BCUT2D eigenvalue weighted by Crippen LogP contribution is 2.24. The number of rotatable bonds is 6. The van der Waals surface area contributed by atoms with Gasteiger partial charge in [-0.1, -0.05) is 0 Å². The summed E-state index contributed by atoms with van der Waals surface area (Å²) in [6.45, 7) is 2.86. The van der Waals surface area contributed by atoms with E-state index in [4.69, 9.17) is 5.73 Å². The molecule has 1 fully saturated rings. The van der Waals surface area contributed by atoms with Gasteiger partial charge in [0.25, 0.3) is 0 Å². The number of amides is 1. The lowest BCUT2D eigenvalue weighted by atomic mass is 9.99. The van der Waals surface area contributed by atoms with Crippen LogP contribution in [-0.4, -0.2) is 44.3 Å². The van der Waals surface area contributed by atoms with Gasteiger partial charge in [-0.25, -0.2) is 12.8 Å².